The highest BCUT2D eigenvalue weighted by molar-refractivity contribution is 5.23. The maximum Gasteiger partial charge on any atom is 0.120 e. The summed E-state index contributed by atoms with van der Waals surface area (Å²) in [6.07, 6.45) is 10.8. The molecule has 1 aliphatic heterocycles. The molecule has 2 heteroatoms. The predicted octanol–water partition coefficient (Wildman–Crippen LogP) is 5.18. The minimum absolute atomic E-state index is 0.00333. The Bertz CT molecular complexity index is 466. The fourth-order valence-corrected chi connectivity index (χ4v) is 4.75. The van der Waals surface area contributed by atoms with Gasteiger partial charge in [-0.2, -0.15) is 0 Å². The highest BCUT2D eigenvalue weighted by Gasteiger charge is 2.48. The van der Waals surface area contributed by atoms with Gasteiger partial charge in [0.2, 0.25) is 0 Å². The zero-order chi connectivity index (χ0) is 16.1. The number of hydrogen-bond donors (Lipinski definition) is 1. The molecular formula is C21H33NO. The second kappa shape index (κ2) is 7.70. The molecule has 3 unspecified atom stereocenters. The van der Waals surface area contributed by atoms with Gasteiger partial charge in [0.1, 0.15) is 11.4 Å². The van der Waals surface area contributed by atoms with E-state index < -0.39 is 0 Å². The summed E-state index contributed by atoms with van der Waals surface area (Å²) in [5, 5.41) is 3.66. The fourth-order valence-electron chi connectivity index (χ4n) is 4.75. The lowest BCUT2D eigenvalue weighted by atomic mass is 9.67. The third-order valence-electron chi connectivity index (χ3n) is 6.08. The van der Waals surface area contributed by atoms with E-state index in [2.05, 4.69) is 49.5 Å². The molecule has 0 spiro atoms. The molecule has 1 heterocycles. The number of benzene rings is 1. The molecule has 1 aliphatic carbocycles. The average Bonchev–Trinajstić information content (AvgIpc) is 2.51. The van der Waals surface area contributed by atoms with Gasteiger partial charge in [-0.3, -0.25) is 0 Å². The Morgan fingerprint density at radius 2 is 1.61 bits per heavy atom. The van der Waals surface area contributed by atoms with Crippen LogP contribution in [-0.4, -0.2) is 18.2 Å². The summed E-state index contributed by atoms with van der Waals surface area (Å²) in [6, 6.07) is 11.1. The number of nitrogens with one attached hydrogen (secondary N) is 1. The highest BCUT2D eigenvalue weighted by atomic mass is 16.5. The molecule has 0 amide bonds. The molecule has 1 saturated heterocycles. The molecule has 1 aromatic rings. The first-order valence-electron chi connectivity index (χ1n) is 9.68. The molecular weight excluding hydrogens is 282 g/mol. The Morgan fingerprint density at radius 1 is 0.957 bits per heavy atom. The summed E-state index contributed by atoms with van der Waals surface area (Å²) >= 11 is 0. The van der Waals surface area contributed by atoms with Gasteiger partial charge < -0.3 is 10.1 Å². The van der Waals surface area contributed by atoms with Gasteiger partial charge in [0.15, 0.2) is 0 Å². The first kappa shape index (κ1) is 16.8. The lowest BCUT2D eigenvalue weighted by Crippen LogP contribution is -2.60. The van der Waals surface area contributed by atoms with E-state index in [0.29, 0.717) is 17.9 Å². The Labute approximate surface area is 142 Å². The highest BCUT2D eigenvalue weighted by Crippen LogP contribution is 2.43. The number of piperidine rings is 1. The third kappa shape index (κ3) is 3.91. The third-order valence-corrected chi connectivity index (χ3v) is 6.08. The number of para-hydroxylation sites is 1. The number of hydrogen-bond acceptors (Lipinski definition) is 2. The van der Waals surface area contributed by atoms with Gasteiger partial charge >= 0.3 is 0 Å². The Kier molecular flexibility index (Phi) is 5.63. The van der Waals surface area contributed by atoms with Crippen molar-refractivity contribution >= 4 is 0 Å². The van der Waals surface area contributed by atoms with Crippen molar-refractivity contribution in [2.45, 2.75) is 76.9 Å². The van der Waals surface area contributed by atoms with E-state index in [1.54, 1.807) is 0 Å². The van der Waals surface area contributed by atoms with Crippen molar-refractivity contribution in [3.63, 3.8) is 0 Å². The maximum atomic E-state index is 6.82. The monoisotopic (exact) mass is 315 g/mol. The summed E-state index contributed by atoms with van der Waals surface area (Å²) < 4.78 is 6.82. The van der Waals surface area contributed by atoms with E-state index in [0.717, 1.165) is 18.7 Å². The first-order valence-corrected chi connectivity index (χ1v) is 9.68. The zero-order valence-electron chi connectivity index (χ0n) is 14.9. The molecule has 3 rings (SSSR count). The van der Waals surface area contributed by atoms with Crippen LogP contribution in [0.1, 0.15) is 65.2 Å². The lowest BCUT2D eigenvalue weighted by molar-refractivity contribution is -0.0765. The molecule has 3 atom stereocenters. The smallest absolute Gasteiger partial charge is 0.120 e. The number of rotatable bonds is 3. The van der Waals surface area contributed by atoms with Crippen molar-refractivity contribution in [2.24, 2.45) is 11.8 Å². The molecule has 128 valence electrons. The van der Waals surface area contributed by atoms with E-state index in [9.17, 15) is 0 Å². The molecule has 1 N–H and O–H groups in total. The van der Waals surface area contributed by atoms with Crippen LogP contribution in [-0.2, 0) is 0 Å². The van der Waals surface area contributed by atoms with Crippen LogP contribution in [0.4, 0.5) is 0 Å². The van der Waals surface area contributed by atoms with Crippen molar-refractivity contribution in [1.29, 1.82) is 0 Å². The molecule has 1 saturated carbocycles. The van der Waals surface area contributed by atoms with Gasteiger partial charge in [-0.15, -0.1) is 0 Å². The van der Waals surface area contributed by atoms with Crippen molar-refractivity contribution in [3.8, 4) is 5.75 Å². The minimum Gasteiger partial charge on any atom is -0.487 e. The summed E-state index contributed by atoms with van der Waals surface area (Å²) in [5.74, 6) is 2.31. The maximum absolute atomic E-state index is 6.82. The van der Waals surface area contributed by atoms with Crippen LogP contribution in [0.15, 0.2) is 30.3 Å². The van der Waals surface area contributed by atoms with Gasteiger partial charge in [-0.1, -0.05) is 57.2 Å². The molecule has 1 aromatic carbocycles. The van der Waals surface area contributed by atoms with Crippen LogP contribution in [0.5, 0.6) is 5.75 Å². The summed E-state index contributed by atoms with van der Waals surface area (Å²) in [5.41, 5.74) is 0.00333. The second-order valence-corrected chi connectivity index (χ2v) is 7.83. The van der Waals surface area contributed by atoms with Gasteiger partial charge in [-0.05, 0) is 37.8 Å². The largest absolute Gasteiger partial charge is 0.487 e. The first-order chi connectivity index (χ1) is 11.2. The average molecular weight is 316 g/mol. The molecule has 2 fully saturated rings. The van der Waals surface area contributed by atoms with E-state index in [4.69, 9.17) is 4.74 Å². The van der Waals surface area contributed by atoms with Crippen molar-refractivity contribution in [2.75, 3.05) is 6.54 Å². The van der Waals surface area contributed by atoms with Crippen LogP contribution in [0.2, 0.25) is 0 Å². The molecule has 23 heavy (non-hydrogen) atoms. The van der Waals surface area contributed by atoms with Crippen molar-refractivity contribution in [3.05, 3.63) is 30.3 Å². The van der Waals surface area contributed by atoms with E-state index >= 15 is 0 Å². The van der Waals surface area contributed by atoms with E-state index in [-0.39, 0.29) is 5.60 Å². The van der Waals surface area contributed by atoms with Gasteiger partial charge in [0, 0.05) is 24.9 Å². The molecule has 0 radical (unpaired) electrons. The van der Waals surface area contributed by atoms with Crippen LogP contribution in [0, 0.1) is 11.8 Å². The number of ether oxygens (including phenoxy) is 1. The molecule has 0 aromatic heterocycles. The lowest BCUT2D eigenvalue weighted by Gasteiger charge is -2.50. The van der Waals surface area contributed by atoms with Crippen molar-refractivity contribution < 1.29 is 4.74 Å². The summed E-state index contributed by atoms with van der Waals surface area (Å²) in [7, 11) is 0. The SMILES string of the molecule is CC1CC(Oc2ccccc2)(C2CCCCCCC2)C(C)CN1. The van der Waals surface area contributed by atoms with Crippen molar-refractivity contribution in [1.82, 2.24) is 5.32 Å². The second-order valence-electron chi connectivity index (χ2n) is 7.83. The van der Waals surface area contributed by atoms with Crippen LogP contribution in [0.3, 0.4) is 0 Å². The Hall–Kier alpha value is -1.02. The standard InChI is InChI=1S/C21H33NO/c1-17-16-22-18(2)15-21(17,23-20-13-9-6-10-14-20)19-11-7-4-3-5-8-12-19/h6,9-10,13-14,17-19,22H,3-5,7-8,11-12,15-16H2,1-2H3. The summed E-state index contributed by atoms with van der Waals surface area (Å²) in [6.45, 7) is 5.78. The molecule has 2 nitrogen and oxygen atoms in total. The van der Waals surface area contributed by atoms with Gasteiger partial charge in [0.25, 0.3) is 0 Å². The zero-order valence-corrected chi connectivity index (χ0v) is 14.9. The van der Waals surface area contributed by atoms with Gasteiger partial charge in [0.05, 0.1) is 0 Å². The van der Waals surface area contributed by atoms with Crippen LogP contribution < -0.4 is 10.1 Å². The fraction of sp³-hybridized carbons (Fsp3) is 0.714. The molecule has 0 bridgehead atoms. The van der Waals surface area contributed by atoms with Gasteiger partial charge in [-0.25, -0.2) is 0 Å². The van der Waals surface area contributed by atoms with Crippen LogP contribution in [0.25, 0.3) is 0 Å². The normalized spacial score (nSPS) is 33.7. The van der Waals surface area contributed by atoms with Crippen LogP contribution >= 0.6 is 0 Å². The minimum atomic E-state index is 0.00333. The quantitative estimate of drug-likeness (QED) is 0.829. The topological polar surface area (TPSA) is 21.3 Å². The predicted molar refractivity (Wildman–Crippen MR) is 96.9 cm³/mol. The van der Waals surface area contributed by atoms with E-state index in [1.165, 1.54) is 44.9 Å². The summed E-state index contributed by atoms with van der Waals surface area (Å²) in [4.78, 5) is 0. The Morgan fingerprint density at radius 3 is 2.30 bits per heavy atom. The Balaban J connectivity index is 1.88. The molecule has 2 aliphatic rings. The van der Waals surface area contributed by atoms with E-state index in [1.807, 2.05) is 0 Å².